The fourth-order valence-corrected chi connectivity index (χ4v) is 2.39. The number of methoxy groups -OCH3 is 1. The molecule has 0 aliphatic rings. The van der Waals surface area contributed by atoms with Crippen LogP contribution in [0.15, 0.2) is 36.4 Å². The van der Waals surface area contributed by atoms with Gasteiger partial charge in [-0.25, -0.2) is 4.98 Å². The van der Waals surface area contributed by atoms with Gasteiger partial charge >= 0.3 is 0 Å². The van der Waals surface area contributed by atoms with Crippen LogP contribution in [0, 0.1) is 0 Å². The molecule has 2 aromatic carbocycles. The average molecular weight is 289 g/mol. The fraction of sp³-hybridized carbons (Fsp3) is 0.133. The topological polar surface area (TPSA) is 47.3 Å². The Bertz CT molecular complexity index is 796. The van der Waals surface area contributed by atoms with Crippen molar-refractivity contribution in [1.29, 1.82) is 0 Å². The van der Waals surface area contributed by atoms with Crippen LogP contribution in [0.2, 0.25) is 5.02 Å². The van der Waals surface area contributed by atoms with Gasteiger partial charge in [0, 0.05) is 18.7 Å². The minimum absolute atomic E-state index is 0.0656. The lowest BCUT2D eigenvalue weighted by Crippen LogP contribution is -1.92. The highest BCUT2D eigenvalue weighted by Crippen LogP contribution is 2.31. The Morgan fingerprint density at radius 1 is 1.20 bits per heavy atom. The maximum Gasteiger partial charge on any atom is 0.140 e. The van der Waals surface area contributed by atoms with Gasteiger partial charge in [0.1, 0.15) is 17.3 Å². The zero-order chi connectivity index (χ0) is 14.3. The molecule has 3 aromatic rings. The molecule has 0 amide bonds. The summed E-state index contributed by atoms with van der Waals surface area (Å²) in [5.74, 6) is 1.62. The normalized spacial score (nSPS) is 10.9. The molecule has 3 rings (SSSR count). The highest BCUT2D eigenvalue weighted by atomic mass is 35.5. The number of hydrogen-bond donors (Lipinski definition) is 1. The average Bonchev–Trinajstić information content (AvgIpc) is 2.78. The van der Waals surface area contributed by atoms with E-state index in [1.807, 2.05) is 29.8 Å². The first-order valence-corrected chi connectivity index (χ1v) is 6.47. The van der Waals surface area contributed by atoms with Crippen molar-refractivity contribution in [3.63, 3.8) is 0 Å². The summed E-state index contributed by atoms with van der Waals surface area (Å²) in [5, 5.41) is 9.80. The summed E-state index contributed by atoms with van der Waals surface area (Å²) in [5.41, 5.74) is 2.71. The first kappa shape index (κ1) is 12.8. The minimum atomic E-state index is 0.0656. The zero-order valence-corrected chi connectivity index (χ0v) is 11.8. The van der Waals surface area contributed by atoms with Gasteiger partial charge in [-0.2, -0.15) is 0 Å². The van der Waals surface area contributed by atoms with E-state index >= 15 is 0 Å². The quantitative estimate of drug-likeness (QED) is 0.783. The Labute approximate surface area is 121 Å². The number of hydrogen-bond acceptors (Lipinski definition) is 3. The fourth-order valence-electron chi connectivity index (χ4n) is 2.21. The van der Waals surface area contributed by atoms with Gasteiger partial charge in [-0.15, -0.1) is 0 Å². The molecule has 0 unspecified atom stereocenters. The minimum Gasteiger partial charge on any atom is -0.506 e. The molecule has 1 N–H and O–H groups in total. The lowest BCUT2D eigenvalue weighted by atomic mass is 10.2. The number of phenolic OH excluding ortho intramolecular Hbond substituents is 1. The molecule has 0 aliphatic heterocycles. The largest absolute Gasteiger partial charge is 0.506 e. The molecule has 102 valence electrons. The first-order valence-electron chi connectivity index (χ1n) is 6.09. The van der Waals surface area contributed by atoms with Crippen LogP contribution >= 0.6 is 11.6 Å². The summed E-state index contributed by atoms with van der Waals surface area (Å²) in [6, 6.07) is 10.8. The second kappa shape index (κ2) is 4.72. The number of benzene rings is 2. The number of aromatic hydroxyl groups is 1. The van der Waals surface area contributed by atoms with E-state index in [9.17, 15) is 5.11 Å². The molecule has 4 nitrogen and oxygen atoms in total. The maximum absolute atomic E-state index is 9.49. The van der Waals surface area contributed by atoms with Crippen LogP contribution in [-0.4, -0.2) is 21.8 Å². The van der Waals surface area contributed by atoms with Gasteiger partial charge < -0.3 is 14.4 Å². The maximum atomic E-state index is 9.49. The third-order valence-electron chi connectivity index (χ3n) is 3.29. The molecule has 0 saturated heterocycles. The number of ether oxygens (including phenoxy) is 1. The lowest BCUT2D eigenvalue weighted by molar-refractivity contribution is 0.415. The molecule has 1 heterocycles. The summed E-state index contributed by atoms with van der Waals surface area (Å²) in [4.78, 5) is 4.60. The predicted octanol–water partition coefficient (Wildman–Crippen LogP) is 3.61. The number of rotatable bonds is 2. The SMILES string of the molecule is COc1ccc2c(c1)nc(-c1ccc(O)c(Cl)c1)n2C. The van der Waals surface area contributed by atoms with Crippen molar-refractivity contribution in [2.45, 2.75) is 0 Å². The molecule has 0 atom stereocenters. The number of halogens is 1. The molecular weight excluding hydrogens is 276 g/mol. The molecule has 1 aromatic heterocycles. The van der Waals surface area contributed by atoms with Crippen LogP contribution < -0.4 is 4.74 Å². The monoisotopic (exact) mass is 288 g/mol. The van der Waals surface area contributed by atoms with E-state index in [2.05, 4.69) is 4.98 Å². The van der Waals surface area contributed by atoms with E-state index in [4.69, 9.17) is 16.3 Å². The smallest absolute Gasteiger partial charge is 0.140 e. The number of aryl methyl sites for hydroxylation is 1. The molecule has 0 bridgehead atoms. The summed E-state index contributed by atoms with van der Waals surface area (Å²) in [6.07, 6.45) is 0. The first-order chi connectivity index (χ1) is 9.60. The Morgan fingerprint density at radius 3 is 2.70 bits per heavy atom. The number of nitrogens with zero attached hydrogens (tertiary/aromatic N) is 2. The number of phenols is 1. The highest BCUT2D eigenvalue weighted by Gasteiger charge is 2.12. The van der Waals surface area contributed by atoms with Crippen LogP contribution in [0.4, 0.5) is 0 Å². The van der Waals surface area contributed by atoms with Crippen molar-refractivity contribution in [3.8, 4) is 22.9 Å². The summed E-state index contributed by atoms with van der Waals surface area (Å²) in [7, 11) is 3.57. The third kappa shape index (κ3) is 1.98. The van der Waals surface area contributed by atoms with Crippen LogP contribution in [-0.2, 0) is 7.05 Å². The van der Waals surface area contributed by atoms with Crippen molar-refractivity contribution < 1.29 is 9.84 Å². The van der Waals surface area contributed by atoms with E-state index in [1.165, 1.54) is 0 Å². The Hall–Kier alpha value is -2.20. The van der Waals surface area contributed by atoms with Gasteiger partial charge in [0.15, 0.2) is 0 Å². The number of aromatic nitrogens is 2. The number of fused-ring (bicyclic) bond motifs is 1. The molecule has 0 saturated carbocycles. The van der Waals surface area contributed by atoms with E-state index in [-0.39, 0.29) is 5.75 Å². The standard InChI is InChI=1S/C15H13ClN2O2/c1-18-13-5-4-10(20-2)8-12(13)17-15(18)9-3-6-14(19)11(16)7-9/h3-8,19H,1-2H3. The second-order valence-electron chi connectivity index (χ2n) is 4.52. The highest BCUT2D eigenvalue weighted by molar-refractivity contribution is 6.32. The third-order valence-corrected chi connectivity index (χ3v) is 3.60. The predicted molar refractivity (Wildman–Crippen MR) is 79.4 cm³/mol. The van der Waals surface area contributed by atoms with E-state index in [1.54, 1.807) is 25.3 Å². The Balaban J connectivity index is 2.20. The van der Waals surface area contributed by atoms with Crippen LogP contribution in [0.25, 0.3) is 22.4 Å². The van der Waals surface area contributed by atoms with Gasteiger partial charge in [0.2, 0.25) is 0 Å². The van der Waals surface area contributed by atoms with Crippen molar-refractivity contribution in [1.82, 2.24) is 9.55 Å². The van der Waals surface area contributed by atoms with Crippen LogP contribution in [0.5, 0.6) is 11.5 Å². The molecule has 20 heavy (non-hydrogen) atoms. The van der Waals surface area contributed by atoms with Crippen molar-refractivity contribution in [2.24, 2.45) is 7.05 Å². The van der Waals surface area contributed by atoms with Gasteiger partial charge in [-0.3, -0.25) is 0 Å². The molecule has 0 radical (unpaired) electrons. The van der Waals surface area contributed by atoms with Crippen LogP contribution in [0.1, 0.15) is 0 Å². The van der Waals surface area contributed by atoms with Crippen molar-refractivity contribution >= 4 is 22.6 Å². The molecule has 0 aliphatic carbocycles. The Morgan fingerprint density at radius 2 is 2.00 bits per heavy atom. The van der Waals surface area contributed by atoms with Gasteiger partial charge in [0.25, 0.3) is 0 Å². The van der Waals surface area contributed by atoms with Crippen molar-refractivity contribution in [2.75, 3.05) is 7.11 Å². The lowest BCUT2D eigenvalue weighted by Gasteiger charge is -2.04. The van der Waals surface area contributed by atoms with E-state index < -0.39 is 0 Å². The van der Waals surface area contributed by atoms with Crippen molar-refractivity contribution in [3.05, 3.63) is 41.4 Å². The summed E-state index contributed by atoms with van der Waals surface area (Å²) < 4.78 is 7.19. The van der Waals surface area contributed by atoms with Gasteiger partial charge in [-0.1, -0.05) is 11.6 Å². The molecule has 5 heteroatoms. The zero-order valence-electron chi connectivity index (χ0n) is 11.1. The van der Waals surface area contributed by atoms with E-state index in [0.717, 1.165) is 28.2 Å². The van der Waals surface area contributed by atoms with E-state index in [0.29, 0.717) is 5.02 Å². The summed E-state index contributed by atoms with van der Waals surface area (Å²) in [6.45, 7) is 0. The van der Waals surface area contributed by atoms with Crippen LogP contribution in [0.3, 0.4) is 0 Å². The Kier molecular flexibility index (Phi) is 3.03. The molecule has 0 spiro atoms. The molecule has 0 fully saturated rings. The molecular formula is C15H13ClN2O2. The second-order valence-corrected chi connectivity index (χ2v) is 4.92. The van der Waals surface area contributed by atoms with Gasteiger partial charge in [-0.05, 0) is 30.3 Å². The number of imidazole rings is 1. The summed E-state index contributed by atoms with van der Waals surface area (Å²) >= 11 is 5.96. The van der Waals surface area contributed by atoms with Gasteiger partial charge in [0.05, 0.1) is 23.2 Å².